The van der Waals surface area contributed by atoms with Crippen LogP contribution in [0.1, 0.15) is 27.7 Å². The van der Waals surface area contributed by atoms with Crippen molar-refractivity contribution in [1.29, 1.82) is 0 Å². The minimum Gasteiger partial charge on any atom is -0.376 e. The van der Waals surface area contributed by atoms with Gasteiger partial charge in [0.05, 0.1) is 6.54 Å². The van der Waals surface area contributed by atoms with Gasteiger partial charge in [-0.15, -0.1) is 0 Å². The molecule has 0 atom stereocenters. The molecular weight excluding hydrogens is 160 g/mol. The molecule has 0 radical (unpaired) electrons. The van der Waals surface area contributed by atoms with Crippen molar-refractivity contribution >= 4 is 5.71 Å². The van der Waals surface area contributed by atoms with Crippen LogP contribution in [-0.4, -0.2) is 30.7 Å². The standard InChI is InChI=1S/C11H20N2/c1-9-8-10(11(2,3)4)12-6-7-13(9)5/h8H,6-7H2,1-5H3. The molecule has 1 aliphatic rings. The average Bonchev–Trinajstić information content (AvgIpc) is 2.13. The van der Waals surface area contributed by atoms with Crippen LogP contribution in [0.25, 0.3) is 0 Å². The molecular formula is C11H20N2. The lowest BCUT2D eigenvalue weighted by molar-refractivity contribution is 0.433. The molecule has 0 spiro atoms. The third-order valence-corrected chi connectivity index (χ3v) is 2.43. The number of nitrogens with zero attached hydrogens (tertiary/aromatic N) is 2. The first kappa shape index (κ1) is 10.3. The molecule has 2 nitrogen and oxygen atoms in total. The van der Waals surface area contributed by atoms with Crippen LogP contribution in [0.2, 0.25) is 0 Å². The first-order chi connectivity index (χ1) is 5.91. The van der Waals surface area contributed by atoms with E-state index in [1.165, 1.54) is 11.4 Å². The molecule has 0 amide bonds. The minimum absolute atomic E-state index is 0.173. The molecule has 0 N–H and O–H groups in total. The summed E-state index contributed by atoms with van der Waals surface area (Å²) in [5, 5.41) is 0. The topological polar surface area (TPSA) is 15.6 Å². The van der Waals surface area contributed by atoms with Gasteiger partial charge in [-0.2, -0.15) is 0 Å². The van der Waals surface area contributed by atoms with Gasteiger partial charge in [-0.3, -0.25) is 4.99 Å². The molecule has 2 heteroatoms. The summed E-state index contributed by atoms with van der Waals surface area (Å²) in [6.45, 7) is 10.7. The van der Waals surface area contributed by atoms with Crippen LogP contribution in [0, 0.1) is 5.41 Å². The lowest BCUT2D eigenvalue weighted by atomic mass is 9.89. The summed E-state index contributed by atoms with van der Waals surface area (Å²) in [5.41, 5.74) is 2.70. The Balaban J connectivity index is 2.92. The maximum absolute atomic E-state index is 4.59. The Morgan fingerprint density at radius 1 is 1.38 bits per heavy atom. The van der Waals surface area contributed by atoms with Gasteiger partial charge in [0, 0.05) is 30.4 Å². The van der Waals surface area contributed by atoms with Gasteiger partial charge < -0.3 is 4.90 Å². The van der Waals surface area contributed by atoms with E-state index in [1.54, 1.807) is 0 Å². The molecule has 0 aliphatic carbocycles. The van der Waals surface area contributed by atoms with Gasteiger partial charge in [0.15, 0.2) is 0 Å². The fourth-order valence-electron chi connectivity index (χ4n) is 1.30. The van der Waals surface area contributed by atoms with Gasteiger partial charge in [0.2, 0.25) is 0 Å². The van der Waals surface area contributed by atoms with Crippen molar-refractivity contribution in [2.45, 2.75) is 27.7 Å². The predicted molar refractivity (Wildman–Crippen MR) is 58.1 cm³/mol. The number of hydrogen-bond donors (Lipinski definition) is 0. The molecule has 1 aliphatic heterocycles. The summed E-state index contributed by atoms with van der Waals surface area (Å²) in [4.78, 5) is 6.85. The van der Waals surface area contributed by atoms with Gasteiger partial charge in [-0.05, 0) is 13.0 Å². The van der Waals surface area contributed by atoms with E-state index in [9.17, 15) is 0 Å². The van der Waals surface area contributed by atoms with Gasteiger partial charge in [0.1, 0.15) is 0 Å². The average molecular weight is 180 g/mol. The van der Waals surface area contributed by atoms with Crippen molar-refractivity contribution in [2.24, 2.45) is 10.4 Å². The zero-order valence-electron chi connectivity index (χ0n) is 9.39. The molecule has 13 heavy (non-hydrogen) atoms. The number of likely N-dealkylation sites (N-methyl/N-ethyl adjacent to an activating group) is 1. The van der Waals surface area contributed by atoms with E-state index in [2.05, 4.69) is 50.7 Å². The van der Waals surface area contributed by atoms with Crippen molar-refractivity contribution in [3.05, 3.63) is 11.8 Å². The normalized spacial score (nSPS) is 19.3. The first-order valence-electron chi connectivity index (χ1n) is 4.85. The molecule has 1 rings (SSSR count). The Kier molecular flexibility index (Phi) is 2.79. The van der Waals surface area contributed by atoms with Crippen LogP contribution in [0.3, 0.4) is 0 Å². The molecule has 0 aromatic heterocycles. The lowest BCUT2D eigenvalue weighted by Gasteiger charge is -2.19. The van der Waals surface area contributed by atoms with Crippen LogP contribution in [0.5, 0.6) is 0 Å². The molecule has 0 fully saturated rings. The molecule has 0 aromatic carbocycles. The minimum atomic E-state index is 0.173. The van der Waals surface area contributed by atoms with Crippen molar-refractivity contribution < 1.29 is 0 Å². The molecule has 74 valence electrons. The van der Waals surface area contributed by atoms with Crippen molar-refractivity contribution in [3.63, 3.8) is 0 Å². The second-order valence-electron chi connectivity index (χ2n) is 4.72. The maximum Gasteiger partial charge on any atom is 0.0568 e. The van der Waals surface area contributed by atoms with Gasteiger partial charge >= 0.3 is 0 Å². The lowest BCUT2D eigenvalue weighted by Crippen LogP contribution is -2.19. The van der Waals surface area contributed by atoms with E-state index in [1.807, 2.05) is 0 Å². The highest BCUT2D eigenvalue weighted by atomic mass is 15.1. The Morgan fingerprint density at radius 2 is 2.00 bits per heavy atom. The summed E-state index contributed by atoms with van der Waals surface area (Å²) in [6.07, 6.45) is 2.20. The zero-order chi connectivity index (χ0) is 10.1. The van der Waals surface area contributed by atoms with Crippen LogP contribution in [0.15, 0.2) is 16.8 Å². The number of rotatable bonds is 0. The summed E-state index contributed by atoms with van der Waals surface area (Å²) in [7, 11) is 2.12. The summed E-state index contributed by atoms with van der Waals surface area (Å²) < 4.78 is 0. The van der Waals surface area contributed by atoms with E-state index in [0.29, 0.717) is 0 Å². The monoisotopic (exact) mass is 180 g/mol. The van der Waals surface area contributed by atoms with E-state index in [4.69, 9.17) is 0 Å². The second-order valence-corrected chi connectivity index (χ2v) is 4.72. The SMILES string of the molecule is CC1=CC(C(C)(C)C)=NCCN1C. The van der Waals surface area contributed by atoms with E-state index in [0.717, 1.165) is 13.1 Å². The van der Waals surface area contributed by atoms with E-state index in [-0.39, 0.29) is 5.41 Å². The fraction of sp³-hybridized carbons (Fsp3) is 0.727. The third-order valence-electron chi connectivity index (χ3n) is 2.43. The first-order valence-corrected chi connectivity index (χ1v) is 4.85. The second kappa shape index (κ2) is 3.52. The zero-order valence-corrected chi connectivity index (χ0v) is 9.39. The third kappa shape index (κ3) is 2.58. The van der Waals surface area contributed by atoms with Gasteiger partial charge in [-0.25, -0.2) is 0 Å². The Morgan fingerprint density at radius 3 is 2.54 bits per heavy atom. The predicted octanol–water partition coefficient (Wildman–Crippen LogP) is 2.32. The van der Waals surface area contributed by atoms with Crippen LogP contribution < -0.4 is 0 Å². The number of aliphatic imine (C=N–C) groups is 1. The van der Waals surface area contributed by atoms with Crippen molar-refractivity contribution in [1.82, 2.24) is 4.90 Å². The molecule has 1 heterocycles. The summed E-state index contributed by atoms with van der Waals surface area (Å²) >= 11 is 0. The highest BCUT2D eigenvalue weighted by Gasteiger charge is 2.18. The smallest absolute Gasteiger partial charge is 0.0568 e. The van der Waals surface area contributed by atoms with Crippen LogP contribution in [-0.2, 0) is 0 Å². The molecule has 0 bridgehead atoms. The molecule has 0 aromatic rings. The van der Waals surface area contributed by atoms with Crippen LogP contribution in [0.4, 0.5) is 0 Å². The molecule has 0 unspecified atom stereocenters. The fourth-order valence-corrected chi connectivity index (χ4v) is 1.30. The van der Waals surface area contributed by atoms with E-state index < -0.39 is 0 Å². The van der Waals surface area contributed by atoms with Crippen molar-refractivity contribution in [3.8, 4) is 0 Å². The largest absolute Gasteiger partial charge is 0.376 e. The summed E-state index contributed by atoms with van der Waals surface area (Å²) in [5.74, 6) is 0. The highest BCUT2D eigenvalue weighted by molar-refractivity contribution is 5.99. The Labute approximate surface area is 81.3 Å². The number of allylic oxidation sites excluding steroid dienone is 2. The van der Waals surface area contributed by atoms with Gasteiger partial charge in [-0.1, -0.05) is 20.8 Å². The highest BCUT2D eigenvalue weighted by Crippen LogP contribution is 2.20. The summed E-state index contributed by atoms with van der Waals surface area (Å²) in [6, 6.07) is 0. The van der Waals surface area contributed by atoms with E-state index >= 15 is 0 Å². The maximum atomic E-state index is 4.59. The number of hydrogen-bond acceptors (Lipinski definition) is 2. The van der Waals surface area contributed by atoms with Crippen molar-refractivity contribution in [2.75, 3.05) is 20.1 Å². The quantitative estimate of drug-likeness (QED) is 0.558. The Bertz CT molecular complexity index is 243. The molecule has 0 saturated carbocycles. The van der Waals surface area contributed by atoms with Gasteiger partial charge in [0.25, 0.3) is 0 Å². The van der Waals surface area contributed by atoms with Crippen LogP contribution >= 0.6 is 0 Å². The Hall–Kier alpha value is -0.790. The molecule has 0 saturated heterocycles.